The van der Waals surface area contributed by atoms with Gasteiger partial charge in [-0.3, -0.25) is 4.79 Å². The van der Waals surface area contributed by atoms with Crippen LogP contribution in [-0.2, 0) is 9.53 Å². The first kappa shape index (κ1) is 14.8. The third-order valence-electron chi connectivity index (χ3n) is 2.60. The van der Waals surface area contributed by atoms with E-state index in [4.69, 9.17) is 4.74 Å². The zero-order chi connectivity index (χ0) is 12.9. The predicted molar refractivity (Wildman–Crippen MR) is 60.0 cm³/mol. The first-order valence-electron chi connectivity index (χ1n) is 5.44. The van der Waals surface area contributed by atoms with Gasteiger partial charge in [0.15, 0.2) is 0 Å². The molecule has 1 amide bonds. The Morgan fingerprint density at radius 3 is 2.71 bits per heavy atom. The smallest absolute Gasteiger partial charge is 0.369 e. The van der Waals surface area contributed by atoms with Gasteiger partial charge in [-0.1, -0.05) is 15.9 Å². The van der Waals surface area contributed by atoms with Gasteiger partial charge in [0, 0.05) is 6.04 Å². The molecule has 3 nitrogen and oxygen atoms in total. The van der Waals surface area contributed by atoms with Gasteiger partial charge in [0.1, 0.15) is 6.61 Å². The molecule has 0 heterocycles. The van der Waals surface area contributed by atoms with Gasteiger partial charge in [-0.15, -0.1) is 0 Å². The van der Waals surface area contributed by atoms with E-state index in [0.29, 0.717) is 12.8 Å². The minimum atomic E-state index is -4.29. The van der Waals surface area contributed by atoms with Crippen molar-refractivity contribution in [1.82, 2.24) is 5.32 Å². The highest BCUT2D eigenvalue weighted by molar-refractivity contribution is 9.09. The number of hydrogen-bond acceptors (Lipinski definition) is 2. The van der Waals surface area contributed by atoms with Gasteiger partial charge in [-0.2, -0.15) is 13.2 Å². The maximum atomic E-state index is 12.0. The van der Waals surface area contributed by atoms with Gasteiger partial charge in [0.05, 0.1) is 11.4 Å². The highest BCUT2D eigenvalue weighted by Gasteiger charge is 2.31. The van der Waals surface area contributed by atoms with E-state index in [1.165, 1.54) is 0 Å². The number of rotatable bonds is 4. The van der Waals surface area contributed by atoms with Gasteiger partial charge in [0.2, 0.25) is 5.91 Å². The molecule has 1 fully saturated rings. The first-order chi connectivity index (χ1) is 7.90. The normalized spacial score (nSPS) is 25.6. The van der Waals surface area contributed by atoms with Crippen LogP contribution in [0.15, 0.2) is 0 Å². The molecule has 100 valence electrons. The lowest BCUT2D eigenvalue weighted by Gasteiger charge is -2.29. The summed E-state index contributed by atoms with van der Waals surface area (Å²) in [7, 11) is 0. The number of nitrogens with one attached hydrogen (secondary N) is 1. The third kappa shape index (κ3) is 6.26. The number of carbonyl (C=O) groups excluding carboxylic acids is 1. The van der Waals surface area contributed by atoms with Crippen LogP contribution < -0.4 is 5.32 Å². The predicted octanol–water partition coefficient (Wildman–Crippen LogP) is 2.39. The fraction of sp³-hybridized carbons (Fsp3) is 0.900. The van der Waals surface area contributed by atoms with Crippen molar-refractivity contribution in [2.45, 2.75) is 44.0 Å². The zero-order valence-corrected chi connectivity index (χ0v) is 10.8. The number of ether oxygens (including phenoxy) is 1. The molecular weight excluding hydrogens is 303 g/mol. The quantitative estimate of drug-likeness (QED) is 0.809. The van der Waals surface area contributed by atoms with Crippen molar-refractivity contribution in [2.75, 3.05) is 11.9 Å². The van der Waals surface area contributed by atoms with E-state index >= 15 is 0 Å². The number of alkyl halides is 4. The van der Waals surface area contributed by atoms with Crippen molar-refractivity contribution in [3.63, 3.8) is 0 Å². The van der Waals surface area contributed by atoms with Crippen LogP contribution in [0.4, 0.5) is 13.2 Å². The number of carbonyl (C=O) groups is 1. The average molecular weight is 318 g/mol. The molecule has 0 radical (unpaired) electrons. The fourth-order valence-electron chi connectivity index (χ4n) is 1.91. The summed E-state index contributed by atoms with van der Waals surface area (Å²) in [6, 6.07) is -0.0768. The maximum absolute atomic E-state index is 12.0. The van der Waals surface area contributed by atoms with Crippen LogP contribution in [0.3, 0.4) is 0 Å². The highest BCUT2D eigenvalue weighted by Crippen LogP contribution is 2.24. The summed E-state index contributed by atoms with van der Waals surface area (Å²) in [6.45, 7) is -1.21. The molecular formula is C10H15BrF3NO2. The molecule has 2 unspecified atom stereocenters. The van der Waals surface area contributed by atoms with Gasteiger partial charge in [0.25, 0.3) is 0 Å². The Balaban J connectivity index is 2.31. The molecule has 0 aromatic carbocycles. The Labute approximate surface area is 106 Å². The van der Waals surface area contributed by atoms with Crippen molar-refractivity contribution < 1.29 is 22.7 Å². The maximum Gasteiger partial charge on any atom is 0.411 e. The number of amides is 1. The van der Waals surface area contributed by atoms with Crippen molar-refractivity contribution in [1.29, 1.82) is 0 Å². The average Bonchev–Trinajstić information content (AvgIpc) is 2.26. The molecule has 1 N–H and O–H groups in total. The van der Waals surface area contributed by atoms with Gasteiger partial charge in [-0.05, 0) is 25.7 Å². The molecule has 0 aliphatic heterocycles. The molecule has 0 bridgehead atoms. The van der Waals surface area contributed by atoms with Crippen LogP contribution in [0, 0.1) is 0 Å². The molecule has 0 spiro atoms. The Bertz CT molecular complexity index is 260. The van der Waals surface area contributed by atoms with Crippen LogP contribution in [0.1, 0.15) is 25.7 Å². The third-order valence-corrected chi connectivity index (χ3v) is 3.10. The lowest BCUT2D eigenvalue weighted by atomic mass is 9.93. The molecule has 17 heavy (non-hydrogen) atoms. The Kier molecular flexibility index (Phi) is 5.72. The topological polar surface area (TPSA) is 38.3 Å². The van der Waals surface area contributed by atoms with E-state index in [1.807, 2.05) is 0 Å². The monoisotopic (exact) mass is 317 g/mol. The second-order valence-electron chi connectivity index (χ2n) is 4.11. The molecule has 0 saturated heterocycles. The van der Waals surface area contributed by atoms with Crippen molar-refractivity contribution in [3.8, 4) is 0 Å². The van der Waals surface area contributed by atoms with Crippen LogP contribution in [-0.4, -0.2) is 36.2 Å². The lowest BCUT2D eigenvalue weighted by molar-refractivity contribution is -0.188. The van der Waals surface area contributed by atoms with E-state index in [-0.39, 0.29) is 17.3 Å². The Hall–Kier alpha value is -0.300. The minimum Gasteiger partial charge on any atom is -0.369 e. The molecule has 0 aromatic rings. The molecule has 1 rings (SSSR count). The van der Waals surface area contributed by atoms with Crippen LogP contribution >= 0.6 is 15.9 Å². The molecule has 0 aromatic heterocycles. The lowest BCUT2D eigenvalue weighted by Crippen LogP contribution is -2.41. The van der Waals surface area contributed by atoms with Gasteiger partial charge >= 0.3 is 6.18 Å². The Morgan fingerprint density at radius 2 is 2.12 bits per heavy atom. The SMILES string of the molecule is O=C(CBr)NC1CCCC(OCC(F)(F)F)C1. The summed E-state index contributed by atoms with van der Waals surface area (Å²) < 4.78 is 40.7. The summed E-state index contributed by atoms with van der Waals surface area (Å²) in [5, 5.41) is 2.95. The van der Waals surface area contributed by atoms with Gasteiger partial charge in [-0.25, -0.2) is 0 Å². The number of halogens is 4. The molecule has 1 aliphatic rings. The zero-order valence-electron chi connectivity index (χ0n) is 9.23. The van der Waals surface area contributed by atoms with Crippen LogP contribution in [0.25, 0.3) is 0 Å². The second kappa shape index (κ2) is 6.58. The van der Waals surface area contributed by atoms with E-state index in [0.717, 1.165) is 12.8 Å². The molecule has 1 aliphatic carbocycles. The molecule has 2 atom stereocenters. The van der Waals surface area contributed by atoms with Crippen molar-refractivity contribution >= 4 is 21.8 Å². The van der Waals surface area contributed by atoms with E-state index in [9.17, 15) is 18.0 Å². The van der Waals surface area contributed by atoms with Crippen LogP contribution in [0.2, 0.25) is 0 Å². The summed E-state index contributed by atoms with van der Waals surface area (Å²) in [5.74, 6) is -0.147. The summed E-state index contributed by atoms with van der Waals surface area (Å²) in [6.07, 6.45) is -2.05. The second-order valence-corrected chi connectivity index (χ2v) is 4.67. The standard InChI is InChI=1S/C10H15BrF3NO2/c11-5-9(16)15-7-2-1-3-8(4-7)17-6-10(12,13)14/h7-8H,1-6H2,(H,15,16). The molecule has 7 heteroatoms. The van der Waals surface area contributed by atoms with Gasteiger partial charge < -0.3 is 10.1 Å². The Morgan fingerprint density at radius 1 is 1.41 bits per heavy atom. The minimum absolute atomic E-state index is 0.0768. The summed E-state index contributed by atoms with van der Waals surface area (Å²) in [4.78, 5) is 11.1. The van der Waals surface area contributed by atoms with Crippen molar-refractivity contribution in [2.24, 2.45) is 0 Å². The first-order valence-corrected chi connectivity index (χ1v) is 6.56. The van der Waals surface area contributed by atoms with Crippen LogP contribution in [0.5, 0.6) is 0 Å². The highest BCUT2D eigenvalue weighted by atomic mass is 79.9. The summed E-state index contributed by atoms with van der Waals surface area (Å²) in [5.41, 5.74) is 0. The fourth-order valence-corrected chi connectivity index (χ4v) is 2.07. The number of hydrogen-bond donors (Lipinski definition) is 1. The van der Waals surface area contributed by atoms with E-state index in [2.05, 4.69) is 21.2 Å². The van der Waals surface area contributed by atoms with E-state index in [1.54, 1.807) is 0 Å². The molecule has 1 saturated carbocycles. The summed E-state index contributed by atoms with van der Waals surface area (Å²) >= 11 is 3.02. The van der Waals surface area contributed by atoms with E-state index < -0.39 is 18.9 Å². The largest absolute Gasteiger partial charge is 0.411 e. The van der Waals surface area contributed by atoms with Crippen molar-refractivity contribution in [3.05, 3.63) is 0 Å².